The number of benzene rings is 1. The van der Waals surface area contributed by atoms with Gasteiger partial charge in [0.1, 0.15) is 5.75 Å². The van der Waals surface area contributed by atoms with Gasteiger partial charge in [-0.05, 0) is 38.1 Å². The zero-order valence-electron chi connectivity index (χ0n) is 12.5. The molecule has 2 rings (SSSR count). The normalized spacial score (nSPS) is 17.8. The summed E-state index contributed by atoms with van der Waals surface area (Å²) < 4.78 is 5.55. The summed E-state index contributed by atoms with van der Waals surface area (Å²) in [4.78, 5) is 14.1. The second-order valence-electron chi connectivity index (χ2n) is 5.14. The van der Waals surface area contributed by atoms with Crippen molar-refractivity contribution in [1.82, 2.24) is 10.2 Å². The van der Waals surface area contributed by atoms with E-state index in [1.54, 1.807) is 18.2 Å². The van der Waals surface area contributed by atoms with E-state index in [4.69, 9.17) is 27.9 Å². The first-order chi connectivity index (χ1) is 10.1. The molecule has 1 aromatic carbocycles. The zero-order valence-corrected chi connectivity index (χ0v) is 14.8. The third-order valence-corrected chi connectivity index (χ3v) is 4.18. The first kappa shape index (κ1) is 19.4. The molecule has 0 saturated carbocycles. The van der Waals surface area contributed by atoms with Gasteiger partial charge in [0.25, 0.3) is 0 Å². The third-order valence-electron chi connectivity index (χ3n) is 3.65. The van der Waals surface area contributed by atoms with Crippen LogP contribution >= 0.6 is 35.6 Å². The number of likely N-dealkylation sites (N-methyl/N-ethyl adjacent to an activating group) is 1. The zero-order chi connectivity index (χ0) is 15.2. The summed E-state index contributed by atoms with van der Waals surface area (Å²) in [5.74, 6) is 0.681. The van der Waals surface area contributed by atoms with E-state index in [0.717, 1.165) is 25.9 Å². The van der Waals surface area contributed by atoms with E-state index in [-0.39, 0.29) is 18.3 Å². The molecule has 1 heterocycles. The van der Waals surface area contributed by atoms with Crippen molar-refractivity contribution in [3.8, 4) is 5.75 Å². The molecule has 1 N–H and O–H groups in total. The van der Waals surface area contributed by atoms with E-state index in [0.29, 0.717) is 34.9 Å². The van der Waals surface area contributed by atoms with Crippen LogP contribution < -0.4 is 10.1 Å². The second-order valence-corrected chi connectivity index (χ2v) is 5.98. The summed E-state index contributed by atoms with van der Waals surface area (Å²) in [6, 6.07) is 5.46. The molecule has 124 valence electrons. The molecule has 1 unspecified atom stereocenters. The maximum absolute atomic E-state index is 12.2. The summed E-state index contributed by atoms with van der Waals surface area (Å²) >= 11 is 11.8. The van der Waals surface area contributed by atoms with Gasteiger partial charge >= 0.3 is 0 Å². The number of piperidine rings is 1. The van der Waals surface area contributed by atoms with Gasteiger partial charge in [-0.2, -0.15) is 0 Å². The number of hydrogen-bond donors (Lipinski definition) is 1. The Morgan fingerprint density at radius 1 is 1.45 bits per heavy atom. The topological polar surface area (TPSA) is 41.6 Å². The van der Waals surface area contributed by atoms with Crippen molar-refractivity contribution in [2.75, 3.05) is 26.7 Å². The molecular formula is C15H21Cl3N2O2. The molecule has 1 saturated heterocycles. The Kier molecular flexibility index (Phi) is 8.33. The molecule has 7 heteroatoms. The molecule has 1 aliphatic rings. The monoisotopic (exact) mass is 366 g/mol. The van der Waals surface area contributed by atoms with E-state index in [1.807, 2.05) is 11.9 Å². The van der Waals surface area contributed by atoms with Gasteiger partial charge in [-0.3, -0.25) is 4.79 Å². The van der Waals surface area contributed by atoms with Crippen molar-refractivity contribution in [2.45, 2.75) is 25.3 Å². The summed E-state index contributed by atoms with van der Waals surface area (Å²) in [5, 5.41) is 4.25. The lowest BCUT2D eigenvalue weighted by atomic mass is 10.1. The van der Waals surface area contributed by atoms with Gasteiger partial charge in [0.2, 0.25) is 5.91 Å². The average molecular weight is 368 g/mol. The van der Waals surface area contributed by atoms with Crippen molar-refractivity contribution in [1.29, 1.82) is 0 Å². The third kappa shape index (κ3) is 5.51. The van der Waals surface area contributed by atoms with Crippen LogP contribution in [0.1, 0.15) is 19.3 Å². The van der Waals surface area contributed by atoms with Crippen LogP contribution in [0.4, 0.5) is 0 Å². The highest BCUT2D eigenvalue weighted by molar-refractivity contribution is 6.35. The van der Waals surface area contributed by atoms with E-state index >= 15 is 0 Å². The smallest absolute Gasteiger partial charge is 0.226 e. The summed E-state index contributed by atoms with van der Waals surface area (Å²) in [6.45, 7) is 1.93. The number of halogens is 3. The lowest BCUT2D eigenvalue weighted by Gasteiger charge is -2.32. The van der Waals surface area contributed by atoms with Crippen LogP contribution in [-0.4, -0.2) is 43.6 Å². The Labute approximate surface area is 147 Å². The van der Waals surface area contributed by atoms with Crippen molar-refractivity contribution in [2.24, 2.45) is 0 Å². The first-order valence-corrected chi connectivity index (χ1v) is 7.88. The molecule has 0 aliphatic carbocycles. The maximum atomic E-state index is 12.2. The summed E-state index contributed by atoms with van der Waals surface area (Å²) in [7, 11) is 1.93. The van der Waals surface area contributed by atoms with Crippen LogP contribution in [0.15, 0.2) is 18.2 Å². The molecule has 0 bridgehead atoms. The SMILES string of the molecule is CNC1CCCN(C(=O)CCOc2ccc(Cl)cc2Cl)C1.Cl. The number of rotatable bonds is 5. The Morgan fingerprint density at radius 2 is 2.23 bits per heavy atom. The van der Waals surface area contributed by atoms with Gasteiger partial charge in [0, 0.05) is 24.2 Å². The van der Waals surface area contributed by atoms with E-state index < -0.39 is 0 Å². The number of carbonyl (C=O) groups is 1. The molecule has 1 amide bonds. The molecule has 1 aliphatic heterocycles. The van der Waals surface area contributed by atoms with Gasteiger partial charge in [-0.15, -0.1) is 12.4 Å². The van der Waals surface area contributed by atoms with Crippen molar-refractivity contribution in [3.63, 3.8) is 0 Å². The number of nitrogens with zero attached hydrogens (tertiary/aromatic N) is 1. The quantitative estimate of drug-likeness (QED) is 0.867. The predicted molar refractivity (Wildman–Crippen MR) is 92.5 cm³/mol. The predicted octanol–water partition coefficient (Wildman–Crippen LogP) is 3.39. The Morgan fingerprint density at radius 3 is 2.91 bits per heavy atom. The van der Waals surface area contributed by atoms with Crippen LogP contribution in [0.3, 0.4) is 0 Å². The lowest BCUT2D eigenvalue weighted by Crippen LogP contribution is -2.47. The van der Waals surface area contributed by atoms with Gasteiger partial charge in [-0.25, -0.2) is 0 Å². The van der Waals surface area contributed by atoms with Crippen LogP contribution in [0, 0.1) is 0 Å². The molecule has 0 aromatic heterocycles. The minimum Gasteiger partial charge on any atom is -0.491 e. The number of carbonyl (C=O) groups excluding carboxylic acids is 1. The molecule has 1 aromatic rings. The second kappa shape index (κ2) is 9.46. The van der Waals surface area contributed by atoms with E-state index in [2.05, 4.69) is 5.32 Å². The molecule has 0 radical (unpaired) electrons. The lowest BCUT2D eigenvalue weighted by molar-refractivity contribution is -0.133. The highest BCUT2D eigenvalue weighted by Crippen LogP contribution is 2.27. The van der Waals surface area contributed by atoms with Crippen LogP contribution in [0.5, 0.6) is 5.75 Å². The summed E-state index contributed by atoms with van der Waals surface area (Å²) in [6.07, 6.45) is 2.52. The number of nitrogens with one attached hydrogen (secondary N) is 1. The molecule has 0 spiro atoms. The molecule has 1 atom stereocenters. The van der Waals surface area contributed by atoms with Gasteiger partial charge < -0.3 is 15.0 Å². The Bertz CT molecular complexity index is 500. The average Bonchev–Trinajstić information content (AvgIpc) is 2.49. The van der Waals surface area contributed by atoms with E-state index in [9.17, 15) is 4.79 Å². The van der Waals surface area contributed by atoms with Crippen LogP contribution in [0.2, 0.25) is 10.0 Å². The number of ether oxygens (including phenoxy) is 1. The van der Waals surface area contributed by atoms with Crippen LogP contribution in [0.25, 0.3) is 0 Å². The Balaban J connectivity index is 0.00000242. The highest BCUT2D eigenvalue weighted by Gasteiger charge is 2.22. The van der Waals surface area contributed by atoms with Crippen molar-refractivity contribution >= 4 is 41.5 Å². The molecule has 1 fully saturated rings. The fourth-order valence-electron chi connectivity index (χ4n) is 2.44. The van der Waals surface area contributed by atoms with Crippen molar-refractivity contribution in [3.05, 3.63) is 28.2 Å². The summed E-state index contributed by atoms with van der Waals surface area (Å²) in [5.41, 5.74) is 0. The highest BCUT2D eigenvalue weighted by atomic mass is 35.5. The minimum absolute atomic E-state index is 0. The van der Waals surface area contributed by atoms with E-state index in [1.165, 1.54) is 0 Å². The van der Waals surface area contributed by atoms with Gasteiger partial charge in [-0.1, -0.05) is 23.2 Å². The first-order valence-electron chi connectivity index (χ1n) is 7.13. The fraction of sp³-hybridized carbons (Fsp3) is 0.533. The number of likely N-dealkylation sites (tertiary alicyclic amines) is 1. The number of hydrogen-bond acceptors (Lipinski definition) is 3. The van der Waals surface area contributed by atoms with Crippen LogP contribution in [-0.2, 0) is 4.79 Å². The minimum atomic E-state index is 0. The molecule has 22 heavy (non-hydrogen) atoms. The Hall–Kier alpha value is -0.680. The molecular weight excluding hydrogens is 347 g/mol. The number of amides is 1. The fourth-order valence-corrected chi connectivity index (χ4v) is 2.90. The largest absolute Gasteiger partial charge is 0.491 e. The van der Waals surface area contributed by atoms with Gasteiger partial charge in [0.05, 0.1) is 18.1 Å². The van der Waals surface area contributed by atoms with Crippen molar-refractivity contribution < 1.29 is 9.53 Å². The molecule has 4 nitrogen and oxygen atoms in total. The maximum Gasteiger partial charge on any atom is 0.226 e. The standard InChI is InChI=1S/C15H20Cl2N2O2.ClH/c1-18-12-3-2-7-19(10-12)15(20)6-8-21-14-5-4-11(16)9-13(14)17;/h4-5,9,12,18H,2-3,6-8,10H2,1H3;1H. The van der Waals surface area contributed by atoms with Gasteiger partial charge in [0.15, 0.2) is 0 Å².